The average Bonchev–Trinajstić information content (AvgIpc) is 3.05. The van der Waals surface area contributed by atoms with Crippen molar-refractivity contribution in [2.24, 2.45) is 0 Å². The second-order valence-corrected chi connectivity index (χ2v) is 4.29. The summed E-state index contributed by atoms with van der Waals surface area (Å²) in [5, 5.41) is 12.1. The Morgan fingerprint density at radius 3 is 3.21 bits per heavy atom. The molecular weight excluding hydrogens is 242 g/mol. The summed E-state index contributed by atoms with van der Waals surface area (Å²) in [4.78, 5) is 7.32. The number of hydrogen-bond acceptors (Lipinski definition) is 5. The molecule has 3 aromatic heterocycles. The standard InChI is InChI=1S/C13H15N5O/c1-2-3-6-15-13-18-17-12(19-13)10-8-16-11-9(10)5-4-7-14-11/h4-5,7-8H,2-3,6H2,1H3,(H,14,16)(H,15,18). The monoisotopic (exact) mass is 257 g/mol. The molecule has 0 unspecified atom stereocenters. The van der Waals surface area contributed by atoms with Gasteiger partial charge in [-0.3, -0.25) is 0 Å². The van der Waals surface area contributed by atoms with Crippen LogP contribution in [0.25, 0.3) is 22.5 Å². The van der Waals surface area contributed by atoms with Gasteiger partial charge < -0.3 is 14.7 Å². The Morgan fingerprint density at radius 2 is 2.32 bits per heavy atom. The molecule has 2 N–H and O–H groups in total. The molecule has 0 bridgehead atoms. The van der Waals surface area contributed by atoms with Crippen LogP contribution >= 0.6 is 0 Å². The molecular formula is C13H15N5O. The molecule has 0 aliphatic carbocycles. The molecule has 3 heterocycles. The van der Waals surface area contributed by atoms with Crippen molar-refractivity contribution in [1.82, 2.24) is 20.2 Å². The SMILES string of the molecule is CCCCNc1nnc(-c2c[nH]c3ncccc23)o1. The van der Waals surface area contributed by atoms with Gasteiger partial charge in [0.05, 0.1) is 5.56 Å². The van der Waals surface area contributed by atoms with Crippen LogP contribution in [0.1, 0.15) is 19.8 Å². The molecule has 0 saturated carbocycles. The van der Waals surface area contributed by atoms with Crippen LogP contribution in [0.4, 0.5) is 6.01 Å². The largest absolute Gasteiger partial charge is 0.403 e. The summed E-state index contributed by atoms with van der Waals surface area (Å²) in [5.41, 5.74) is 1.69. The predicted molar refractivity (Wildman–Crippen MR) is 72.8 cm³/mol. The van der Waals surface area contributed by atoms with E-state index in [9.17, 15) is 0 Å². The third-order valence-electron chi connectivity index (χ3n) is 2.91. The molecule has 0 spiro atoms. The number of pyridine rings is 1. The number of nitrogens with one attached hydrogen (secondary N) is 2. The molecule has 6 heteroatoms. The molecule has 0 aromatic carbocycles. The number of fused-ring (bicyclic) bond motifs is 1. The summed E-state index contributed by atoms with van der Waals surface area (Å²) in [6.45, 7) is 2.98. The summed E-state index contributed by atoms with van der Waals surface area (Å²) in [5.74, 6) is 0.498. The first kappa shape index (κ1) is 11.7. The van der Waals surface area contributed by atoms with Crippen LogP contribution in [0, 0.1) is 0 Å². The zero-order chi connectivity index (χ0) is 13.1. The van der Waals surface area contributed by atoms with E-state index in [-0.39, 0.29) is 0 Å². The maximum absolute atomic E-state index is 5.60. The zero-order valence-corrected chi connectivity index (χ0v) is 10.7. The van der Waals surface area contributed by atoms with Gasteiger partial charge in [-0.25, -0.2) is 4.98 Å². The Hall–Kier alpha value is -2.37. The fourth-order valence-electron chi connectivity index (χ4n) is 1.91. The van der Waals surface area contributed by atoms with E-state index < -0.39 is 0 Å². The number of unbranched alkanes of at least 4 members (excludes halogenated alkanes) is 1. The number of aromatic nitrogens is 4. The third kappa shape index (κ3) is 2.29. The lowest BCUT2D eigenvalue weighted by molar-refractivity contribution is 0.579. The summed E-state index contributed by atoms with van der Waals surface area (Å²) < 4.78 is 5.60. The first-order valence-corrected chi connectivity index (χ1v) is 6.38. The molecule has 3 aromatic rings. The van der Waals surface area contributed by atoms with Crippen molar-refractivity contribution in [3.8, 4) is 11.5 Å². The molecule has 3 rings (SSSR count). The minimum absolute atomic E-state index is 0.460. The second kappa shape index (κ2) is 5.09. The van der Waals surface area contributed by atoms with Gasteiger partial charge in [0.1, 0.15) is 5.65 Å². The Kier molecular flexibility index (Phi) is 3.14. The van der Waals surface area contributed by atoms with Crippen LogP contribution in [-0.2, 0) is 0 Å². The van der Waals surface area contributed by atoms with Crippen LogP contribution in [0.2, 0.25) is 0 Å². The van der Waals surface area contributed by atoms with Gasteiger partial charge in [0.15, 0.2) is 0 Å². The zero-order valence-electron chi connectivity index (χ0n) is 10.7. The van der Waals surface area contributed by atoms with Gasteiger partial charge in [0.25, 0.3) is 5.89 Å². The smallest absolute Gasteiger partial charge is 0.315 e. The Labute approximate surface area is 110 Å². The molecule has 0 aliphatic heterocycles. The quantitative estimate of drug-likeness (QED) is 0.687. The van der Waals surface area contributed by atoms with Crippen LogP contribution < -0.4 is 5.32 Å². The van der Waals surface area contributed by atoms with Crippen LogP contribution in [0.15, 0.2) is 28.9 Å². The molecule has 0 aliphatic rings. The van der Waals surface area contributed by atoms with E-state index >= 15 is 0 Å². The Balaban J connectivity index is 1.86. The summed E-state index contributed by atoms with van der Waals surface area (Å²) in [7, 11) is 0. The lowest BCUT2D eigenvalue weighted by atomic mass is 10.2. The number of nitrogens with zero attached hydrogens (tertiary/aromatic N) is 3. The molecule has 0 amide bonds. The predicted octanol–water partition coefficient (Wildman–Crippen LogP) is 2.82. The number of hydrogen-bond donors (Lipinski definition) is 2. The minimum Gasteiger partial charge on any atom is -0.403 e. The summed E-state index contributed by atoms with van der Waals surface area (Å²) >= 11 is 0. The molecule has 0 atom stereocenters. The molecule has 0 saturated heterocycles. The number of rotatable bonds is 5. The van der Waals surface area contributed by atoms with Crippen molar-refractivity contribution < 1.29 is 4.42 Å². The van der Waals surface area contributed by atoms with Crippen LogP contribution in [-0.4, -0.2) is 26.7 Å². The van der Waals surface area contributed by atoms with Gasteiger partial charge in [0, 0.05) is 24.3 Å². The minimum atomic E-state index is 0.460. The summed E-state index contributed by atoms with van der Waals surface area (Å²) in [6.07, 6.45) is 5.78. The van der Waals surface area contributed by atoms with Crippen LogP contribution in [0.3, 0.4) is 0 Å². The summed E-state index contributed by atoms with van der Waals surface area (Å²) in [6, 6.07) is 4.32. The van der Waals surface area contributed by atoms with E-state index in [0.717, 1.165) is 36.0 Å². The van der Waals surface area contributed by atoms with Crippen LogP contribution in [0.5, 0.6) is 0 Å². The highest BCUT2D eigenvalue weighted by Crippen LogP contribution is 2.27. The van der Waals surface area contributed by atoms with Gasteiger partial charge in [-0.05, 0) is 18.6 Å². The van der Waals surface area contributed by atoms with E-state index in [1.54, 1.807) is 6.20 Å². The van der Waals surface area contributed by atoms with Crippen molar-refractivity contribution >= 4 is 17.0 Å². The van der Waals surface area contributed by atoms with E-state index in [1.807, 2.05) is 18.3 Å². The molecule has 0 fully saturated rings. The molecule has 19 heavy (non-hydrogen) atoms. The highest BCUT2D eigenvalue weighted by Gasteiger charge is 2.13. The van der Waals surface area contributed by atoms with Gasteiger partial charge in [-0.1, -0.05) is 18.4 Å². The fraction of sp³-hybridized carbons (Fsp3) is 0.308. The van der Waals surface area contributed by atoms with Gasteiger partial charge in [-0.2, -0.15) is 0 Å². The molecule has 98 valence electrons. The number of anilines is 1. The van der Waals surface area contributed by atoms with E-state index in [4.69, 9.17) is 4.42 Å². The first-order chi connectivity index (χ1) is 9.38. The number of H-pyrrole nitrogens is 1. The lowest BCUT2D eigenvalue weighted by Gasteiger charge is -1.97. The van der Waals surface area contributed by atoms with Crippen molar-refractivity contribution in [3.63, 3.8) is 0 Å². The number of aromatic amines is 1. The van der Waals surface area contributed by atoms with Crippen molar-refractivity contribution in [2.75, 3.05) is 11.9 Å². The van der Waals surface area contributed by atoms with Crippen molar-refractivity contribution in [1.29, 1.82) is 0 Å². The fourth-order valence-corrected chi connectivity index (χ4v) is 1.91. The highest BCUT2D eigenvalue weighted by atomic mass is 16.4. The van der Waals surface area contributed by atoms with E-state index in [1.165, 1.54) is 0 Å². The van der Waals surface area contributed by atoms with Gasteiger partial charge >= 0.3 is 6.01 Å². The average molecular weight is 257 g/mol. The lowest BCUT2D eigenvalue weighted by Crippen LogP contribution is -2.00. The van der Waals surface area contributed by atoms with Crippen molar-refractivity contribution in [3.05, 3.63) is 24.5 Å². The van der Waals surface area contributed by atoms with Gasteiger partial charge in [-0.15, -0.1) is 5.10 Å². The highest BCUT2D eigenvalue weighted by molar-refractivity contribution is 5.90. The van der Waals surface area contributed by atoms with E-state index in [0.29, 0.717) is 11.9 Å². The third-order valence-corrected chi connectivity index (χ3v) is 2.91. The Morgan fingerprint density at radius 1 is 1.37 bits per heavy atom. The normalized spacial score (nSPS) is 11.0. The van der Waals surface area contributed by atoms with Crippen molar-refractivity contribution in [2.45, 2.75) is 19.8 Å². The topological polar surface area (TPSA) is 79.6 Å². The maximum Gasteiger partial charge on any atom is 0.315 e. The second-order valence-electron chi connectivity index (χ2n) is 4.29. The first-order valence-electron chi connectivity index (χ1n) is 6.38. The maximum atomic E-state index is 5.60. The molecule has 0 radical (unpaired) electrons. The van der Waals surface area contributed by atoms with E-state index in [2.05, 4.69) is 32.4 Å². The Bertz CT molecular complexity index is 672. The van der Waals surface area contributed by atoms with Gasteiger partial charge in [0.2, 0.25) is 0 Å². The molecule has 6 nitrogen and oxygen atoms in total.